The second-order valence-corrected chi connectivity index (χ2v) is 3.39. The Hall–Kier alpha value is -1.15. The lowest BCUT2D eigenvalue weighted by Gasteiger charge is -2.00. The van der Waals surface area contributed by atoms with E-state index in [2.05, 4.69) is 4.98 Å². The first-order valence-corrected chi connectivity index (χ1v) is 4.43. The summed E-state index contributed by atoms with van der Waals surface area (Å²) in [6.45, 7) is 1.57. The Morgan fingerprint density at radius 1 is 1.54 bits per heavy atom. The summed E-state index contributed by atoms with van der Waals surface area (Å²) in [5.41, 5.74) is 2.59. The molecule has 1 heterocycles. The van der Waals surface area contributed by atoms with E-state index in [1.54, 1.807) is 13.0 Å². The van der Waals surface area contributed by atoms with Gasteiger partial charge < -0.3 is 0 Å². The number of nitrogens with zero attached hydrogens (tertiary/aromatic N) is 1. The minimum atomic E-state index is 0.0860. The molecule has 0 aromatic carbocycles. The molecule has 0 aliphatic heterocycles. The predicted octanol–water partition coefficient (Wildman–Crippen LogP) is 2.26. The predicted molar refractivity (Wildman–Crippen MR) is 51.6 cm³/mol. The number of hydrogen-bond donors (Lipinski definition) is 0. The molecule has 1 aliphatic rings. The molecule has 0 spiro atoms. The van der Waals surface area contributed by atoms with E-state index >= 15 is 0 Å². The maximum absolute atomic E-state index is 11.2. The molecule has 13 heavy (non-hydrogen) atoms. The van der Waals surface area contributed by atoms with E-state index < -0.39 is 0 Å². The summed E-state index contributed by atoms with van der Waals surface area (Å²) in [6, 6.07) is 3.56. The number of ketones is 1. The summed E-state index contributed by atoms with van der Waals surface area (Å²) in [6.07, 6.45) is 2.61. The van der Waals surface area contributed by atoms with Crippen molar-refractivity contribution >= 4 is 23.0 Å². The van der Waals surface area contributed by atoms with Gasteiger partial charge >= 0.3 is 0 Å². The normalized spacial score (nSPS) is 13.8. The van der Waals surface area contributed by atoms with Crippen LogP contribution < -0.4 is 0 Å². The van der Waals surface area contributed by atoms with Crippen LogP contribution in [0.4, 0.5) is 0 Å². The molecule has 0 bridgehead atoms. The molecule has 0 amide bonds. The third-order valence-corrected chi connectivity index (χ3v) is 2.32. The van der Waals surface area contributed by atoms with Gasteiger partial charge in [0.15, 0.2) is 5.78 Å². The maximum atomic E-state index is 11.2. The molecular weight excluding hydrogens is 186 g/mol. The molecule has 0 radical (unpaired) electrons. The van der Waals surface area contributed by atoms with Gasteiger partial charge in [0, 0.05) is 17.6 Å². The van der Waals surface area contributed by atoms with Crippen LogP contribution in [0.15, 0.2) is 18.2 Å². The number of fused-ring (bicyclic) bond motifs is 1. The molecule has 1 aromatic heterocycles. The van der Waals surface area contributed by atoms with Crippen LogP contribution in [-0.2, 0) is 11.2 Å². The first kappa shape index (κ1) is 8.45. The van der Waals surface area contributed by atoms with Crippen molar-refractivity contribution in [2.24, 2.45) is 0 Å². The van der Waals surface area contributed by atoms with Crippen molar-refractivity contribution in [3.8, 4) is 0 Å². The van der Waals surface area contributed by atoms with Crippen LogP contribution in [0.1, 0.15) is 18.2 Å². The lowest BCUT2D eigenvalue weighted by atomic mass is 10.1. The molecule has 0 saturated heterocycles. The summed E-state index contributed by atoms with van der Waals surface area (Å²) < 4.78 is 0. The molecule has 0 fully saturated rings. The van der Waals surface area contributed by atoms with Crippen LogP contribution in [0, 0.1) is 0 Å². The minimum absolute atomic E-state index is 0.0860. The number of Topliss-reactive ketones (excluding diaryl/α,β-unsaturated/α-hetero) is 1. The molecule has 0 atom stereocenters. The van der Waals surface area contributed by atoms with Crippen LogP contribution in [-0.4, -0.2) is 10.8 Å². The van der Waals surface area contributed by atoms with Crippen molar-refractivity contribution in [2.45, 2.75) is 13.3 Å². The Morgan fingerprint density at radius 3 is 3.00 bits per heavy atom. The number of allylic oxidation sites excluding steroid dienone is 2. The van der Waals surface area contributed by atoms with Crippen molar-refractivity contribution in [3.05, 3.63) is 34.6 Å². The lowest BCUT2D eigenvalue weighted by Crippen LogP contribution is -1.95. The summed E-state index contributed by atoms with van der Waals surface area (Å²) in [5, 5.41) is 0.483. The van der Waals surface area contributed by atoms with E-state index in [9.17, 15) is 4.79 Å². The van der Waals surface area contributed by atoms with Crippen LogP contribution in [0.2, 0.25) is 5.15 Å². The highest BCUT2D eigenvalue weighted by Gasteiger charge is 2.18. The Balaban J connectivity index is 2.51. The molecule has 0 unspecified atom stereocenters. The number of rotatable bonds is 1. The number of aromatic nitrogens is 1. The van der Waals surface area contributed by atoms with Crippen LogP contribution in [0.25, 0.3) is 5.57 Å². The molecule has 2 nitrogen and oxygen atoms in total. The Morgan fingerprint density at radius 2 is 2.31 bits per heavy atom. The fourth-order valence-electron chi connectivity index (χ4n) is 1.52. The van der Waals surface area contributed by atoms with E-state index in [-0.39, 0.29) is 5.78 Å². The number of carbonyl (C=O) groups is 1. The van der Waals surface area contributed by atoms with Crippen molar-refractivity contribution in [1.82, 2.24) is 4.98 Å². The molecule has 2 rings (SSSR count). The van der Waals surface area contributed by atoms with Crippen molar-refractivity contribution in [2.75, 3.05) is 0 Å². The minimum Gasteiger partial charge on any atom is -0.294 e. The number of pyridine rings is 1. The Kier molecular flexibility index (Phi) is 1.93. The zero-order chi connectivity index (χ0) is 9.42. The van der Waals surface area contributed by atoms with Gasteiger partial charge in [-0.1, -0.05) is 17.7 Å². The van der Waals surface area contributed by atoms with E-state index in [4.69, 9.17) is 11.6 Å². The topological polar surface area (TPSA) is 30.0 Å². The Bertz CT molecular complexity index is 409. The van der Waals surface area contributed by atoms with Gasteiger partial charge in [-0.05, 0) is 19.1 Å². The largest absolute Gasteiger partial charge is 0.294 e. The average Bonchev–Trinajstić information content (AvgIpc) is 2.46. The molecule has 1 aromatic rings. The van der Waals surface area contributed by atoms with Gasteiger partial charge in [-0.2, -0.15) is 0 Å². The smallest absolute Gasteiger partial charge is 0.160 e. The summed E-state index contributed by atoms with van der Waals surface area (Å²) in [5.74, 6) is 0.0860. The summed E-state index contributed by atoms with van der Waals surface area (Å²) in [7, 11) is 0. The standard InChI is InChI=1S/C10H8ClNO/c1-6(13)7-2-4-9-8(7)3-5-10(11)12-9/h2-3,5H,4H2,1H3. The number of halogens is 1. The van der Waals surface area contributed by atoms with Gasteiger partial charge in [-0.25, -0.2) is 4.98 Å². The third kappa shape index (κ3) is 1.38. The average molecular weight is 194 g/mol. The first-order chi connectivity index (χ1) is 6.18. The second kappa shape index (κ2) is 2.96. The van der Waals surface area contributed by atoms with Gasteiger partial charge in [0.2, 0.25) is 0 Å². The van der Waals surface area contributed by atoms with Gasteiger partial charge in [0.05, 0.1) is 5.69 Å². The van der Waals surface area contributed by atoms with E-state index in [0.29, 0.717) is 11.6 Å². The fraction of sp³-hybridized carbons (Fsp3) is 0.200. The fourth-order valence-corrected chi connectivity index (χ4v) is 1.68. The zero-order valence-electron chi connectivity index (χ0n) is 7.17. The van der Waals surface area contributed by atoms with E-state index in [1.807, 2.05) is 12.1 Å². The van der Waals surface area contributed by atoms with Crippen LogP contribution in [0.3, 0.4) is 0 Å². The number of hydrogen-bond acceptors (Lipinski definition) is 2. The molecule has 66 valence electrons. The van der Waals surface area contributed by atoms with Crippen molar-refractivity contribution in [1.29, 1.82) is 0 Å². The molecular formula is C10H8ClNO. The summed E-state index contributed by atoms with van der Waals surface area (Å²) in [4.78, 5) is 15.3. The van der Waals surface area contributed by atoms with Crippen LogP contribution in [0.5, 0.6) is 0 Å². The monoisotopic (exact) mass is 193 g/mol. The van der Waals surface area contributed by atoms with Gasteiger partial charge in [-0.3, -0.25) is 4.79 Å². The quantitative estimate of drug-likeness (QED) is 0.641. The highest BCUT2D eigenvalue weighted by atomic mass is 35.5. The molecule has 3 heteroatoms. The second-order valence-electron chi connectivity index (χ2n) is 3.01. The summed E-state index contributed by atoms with van der Waals surface area (Å²) >= 11 is 5.73. The highest BCUT2D eigenvalue weighted by Crippen LogP contribution is 2.27. The van der Waals surface area contributed by atoms with Crippen LogP contribution >= 0.6 is 11.6 Å². The Labute approximate surface area is 81.2 Å². The van der Waals surface area contributed by atoms with Gasteiger partial charge in [-0.15, -0.1) is 0 Å². The third-order valence-electron chi connectivity index (χ3n) is 2.11. The van der Waals surface area contributed by atoms with E-state index in [1.165, 1.54) is 0 Å². The molecule has 0 saturated carbocycles. The zero-order valence-corrected chi connectivity index (χ0v) is 7.93. The van der Waals surface area contributed by atoms with Gasteiger partial charge in [0.25, 0.3) is 0 Å². The maximum Gasteiger partial charge on any atom is 0.160 e. The van der Waals surface area contributed by atoms with Crippen molar-refractivity contribution < 1.29 is 4.79 Å². The highest BCUT2D eigenvalue weighted by molar-refractivity contribution is 6.29. The first-order valence-electron chi connectivity index (χ1n) is 4.05. The van der Waals surface area contributed by atoms with Gasteiger partial charge in [0.1, 0.15) is 5.15 Å². The molecule has 1 aliphatic carbocycles. The lowest BCUT2D eigenvalue weighted by molar-refractivity contribution is -0.111. The van der Waals surface area contributed by atoms with Crippen molar-refractivity contribution in [3.63, 3.8) is 0 Å². The SMILES string of the molecule is CC(=O)C1=CCc2nc(Cl)ccc21. The van der Waals surface area contributed by atoms with E-state index in [0.717, 1.165) is 16.8 Å². The molecule has 0 N–H and O–H groups in total. The number of carbonyl (C=O) groups excluding carboxylic acids is 1.